The van der Waals surface area contributed by atoms with Crippen molar-refractivity contribution in [1.29, 1.82) is 0 Å². The average molecular weight is 493 g/mol. The number of carboxylic acid groups (broad SMARTS) is 1. The number of aromatic hydroxyl groups is 1. The second kappa shape index (κ2) is 8.65. The maximum Gasteiger partial charge on any atom is 0.303 e. The number of likely N-dealkylation sites (tertiary alicyclic amines) is 1. The van der Waals surface area contributed by atoms with Crippen molar-refractivity contribution in [3.05, 3.63) is 64.0 Å². The number of carboxylic acids is 1. The SMILES string of the molecule is CC1=CC(=O)C2=C(C1=O)C(c1cccc(F)c1O)C1=CCC3C(=O)N(CCCC(=O)O)C(=O)C3C1C2. The second-order valence-electron chi connectivity index (χ2n) is 9.73. The standard InChI is InChI=1S/C27H24FNO7/c1-12-10-19(30)17-11-16-13(21(23(17)24(12)33)14-4-2-5-18(28)25(14)34)7-8-15-22(16)27(36)29(26(15)35)9-3-6-20(31)32/h2,4-5,7,10,15-16,21-22,34H,3,6,8-9,11H2,1H3,(H,31,32). The number of phenols is 1. The smallest absolute Gasteiger partial charge is 0.303 e. The summed E-state index contributed by atoms with van der Waals surface area (Å²) in [5.41, 5.74) is 1.37. The number of Topliss-reactive ketones (excluding diaryl/α,β-unsaturated/α-hetero) is 1. The first-order valence-corrected chi connectivity index (χ1v) is 11.9. The van der Waals surface area contributed by atoms with Gasteiger partial charge in [-0.15, -0.1) is 0 Å². The van der Waals surface area contributed by atoms with Crippen LogP contribution in [0.2, 0.25) is 0 Å². The van der Waals surface area contributed by atoms with Crippen molar-refractivity contribution in [3.8, 4) is 5.75 Å². The molecule has 36 heavy (non-hydrogen) atoms. The Bertz CT molecular complexity index is 1340. The predicted octanol–water partition coefficient (Wildman–Crippen LogP) is 2.83. The summed E-state index contributed by atoms with van der Waals surface area (Å²) < 4.78 is 14.4. The van der Waals surface area contributed by atoms with E-state index in [9.17, 15) is 33.5 Å². The van der Waals surface area contributed by atoms with Gasteiger partial charge in [-0.2, -0.15) is 0 Å². The number of hydrogen-bond donors (Lipinski definition) is 2. The van der Waals surface area contributed by atoms with Crippen LogP contribution in [0.3, 0.4) is 0 Å². The molecule has 0 bridgehead atoms. The van der Waals surface area contributed by atoms with Crippen molar-refractivity contribution in [2.24, 2.45) is 17.8 Å². The number of aliphatic carboxylic acids is 1. The lowest BCUT2D eigenvalue weighted by Crippen LogP contribution is -2.40. The van der Waals surface area contributed by atoms with Gasteiger partial charge in [0, 0.05) is 41.2 Å². The molecule has 1 aromatic rings. The Hall–Kier alpha value is -3.88. The van der Waals surface area contributed by atoms with Crippen LogP contribution in [0.25, 0.3) is 0 Å². The zero-order chi connectivity index (χ0) is 25.9. The van der Waals surface area contributed by atoms with E-state index in [1.165, 1.54) is 25.1 Å². The summed E-state index contributed by atoms with van der Waals surface area (Å²) in [6, 6.07) is 3.99. The van der Waals surface area contributed by atoms with E-state index in [-0.39, 0.29) is 72.0 Å². The highest BCUT2D eigenvalue weighted by molar-refractivity contribution is 6.24. The molecule has 1 saturated heterocycles. The number of carbonyl (C=O) groups excluding carboxylic acids is 4. The van der Waals surface area contributed by atoms with E-state index in [0.29, 0.717) is 5.57 Å². The van der Waals surface area contributed by atoms with Crippen LogP contribution in [0.1, 0.15) is 44.1 Å². The van der Waals surface area contributed by atoms with Crippen molar-refractivity contribution < 1.29 is 38.6 Å². The molecule has 2 N–H and O–H groups in total. The number of allylic oxidation sites excluding steroid dienone is 6. The fourth-order valence-corrected chi connectivity index (χ4v) is 6.16. The normalized spacial score (nSPS) is 27.4. The lowest BCUT2D eigenvalue weighted by molar-refractivity contribution is -0.142. The van der Waals surface area contributed by atoms with Gasteiger partial charge in [0.25, 0.3) is 0 Å². The molecule has 186 valence electrons. The van der Waals surface area contributed by atoms with Crippen LogP contribution in [-0.2, 0) is 24.0 Å². The number of rotatable bonds is 5. The zero-order valence-corrected chi connectivity index (χ0v) is 19.5. The number of benzene rings is 1. The molecular weight excluding hydrogens is 469 g/mol. The molecule has 1 aliphatic heterocycles. The maximum atomic E-state index is 14.4. The number of halogens is 1. The fraction of sp³-hybridized carbons (Fsp3) is 0.370. The third kappa shape index (κ3) is 3.53. The molecule has 0 saturated carbocycles. The number of phenolic OH excluding ortho intramolecular Hbond substituents is 1. The van der Waals surface area contributed by atoms with Gasteiger partial charge in [-0.1, -0.05) is 23.8 Å². The van der Waals surface area contributed by atoms with Gasteiger partial charge in [0.1, 0.15) is 0 Å². The Labute approximate surface area is 205 Å². The number of para-hydroxylation sites is 1. The van der Waals surface area contributed by atoms with Gasteiger partial charge in [-0.05, 0) is 44.2 Å². The molecule has 5 rings (SSSR count). The van der Waals surface area contributed by atoms with Crippen LogP contribution in [-0.4, -0.2) is 51.0 Å². The molecule has 1 heterocycles. The molecule has 9 heteroatoms. The van der Waals surface area contributed by atoms with Crippen molar-refractivity contribution in [2.45, 2.75) is 38.5 Å². The summed E-state index contributed by atoms with van der Waals surface area (Å²) in [6.07, 6.45) is 3.26. The molecule has 1 fully saturated rings. The quantitative estimate of drug-likeness (QED) is 0.367. The monoisotopic (exact) mass is 493 g/mol. The second-order valence-corrected chi connectivity index (χ2v) is 9.73. The largest absolute Gasteiger partial charge is 0.505 e. The molecule has 2 amide bonds. The molecular formula is C27H24FNO7. The van der Waals surface area contributed by atoms with E-state index < -0.39 is 47.1 Å². The summed E-state index contributed by atoms with van der Waals surface area (Å²) in [5, 5.41) is 19.5. The Morgan fingerprint density at radius 1 is 1.14 bits per heavy atom. The van der Waals surface area contributed by atoms with Gasteiger partial charge in [-0.3, -0.25) is 28.9 Å². The number of imide groups is 1. The minimum atomic E-state index is -1.02. The summed E-state index contributed by atoms with van der Waals surface area (Å²) in [6.45, 7) is 1.51. The number of amides is 2. The molecule has 0 spiro atoms. The Morgan fingerprint density at radius 3 is 2.61 bits per heavy atom. The number of ketones is 2. The topological polar surface area (TPSA) is 129 Å². The Morgan fingerprint density at radius 2 is 1.89 bits per heavy atom. The molecule has 3 aliphatic carbocycles. The average Bonchev–Trinajstić information content (AvgIpc) is 3.08. The maximum absolute atomic E-state index is 14.4. The molecule has 4 unspecified atom stereocenters. The van der Waals surface area contributed by atoms with E-state index in [2.05, 4.69) is 0 Å². The van der Waals surface area contributed by atoms with E-state index in [4.69, 9.17) is 5.11 Å². The molecule has 4 aliphatic rings. The molecule has 1 aromatic carbocycles. The lowest BCUT2D eigenvalue weighted by Gasteiger charge is -2.42. The van der Waals surface area contributed by atoms with Crippen LogP contribution in [0.4, 0.5) is 4.39 Å². The van der Waals surface area contributed by atoms with Crippen LogP contribution in [0, 0.1) is 23.6 Å². The molecule has 0 aromatic heterocycles. The summed E-state index contributed by atoms with van der Waals surface area (Å²) in [7, 11) is 0. The molecule has 4 atom stereocenters. The van der Waals surface area contributed by atoms with Gasteiger partial charge in [0.2, 0.25) is 11.8 Å². The minimum absolute atomic E-state index is 0.0135. The third-order valence-corrected chi connectivity index (χ3v) is 7.76. The first-order chi connectivity index (χ1) is 17.1. The summed E-state index contributed by atoms with van der Waals surface area (Å²) >= 11 is 0. The lowest BCUT2D eigenvalue weighted by atomic mass is 9.59. The Kier molecular flexibility index (Phi) is 5.73. The van der Waals surface area contributed by atoms with Gasteiger partial charge in [0.05, 0.1) is 11.8 Å². The highest BCUT2D eigenvalue weighted by Crippen LogP contribution is 2.56. The predicted molar refractivity (Wildman–Crippen MR) is 123 cm³/mol. The van der Waals surface area contributed by atoms with Crippen molar-refractivity contribution in [2.75, 3.05) is 6.54 Å². The number of nitrogens with zero attached hydrogens (tertiary/aromatic N) is 1. The van der Waals surface area contributed by atoms with Crippen LogP contribution >= 0.6 is 0 Å². The zero-order valence-electron chi connectivity index (χ0n) is 19.5. The van der Waals surface area contributed by atoms with Crippen molar-refractivity contribution in [1.82, 2.24) is 4.90 Å². The van der Waals surface area contributed by atoms with E-state index in [1.54, 1.807) is 6.08 Å². The highest BCUT2D eigenvalue weighted by atomic mass is 19.1. The van der Waals surface area contributed by atoms with Crippen molar-refractivity contribution >= 4 is 29.4 Å². The van der Waals surface area contributed by atoms with Gasteiger partial charge in [-0.25, -0.2) is 4.39 Å². The van der Waals surface area contributed by atoms with Gasteiger partial charge < -0.3 is 10.2 Å². The molecule has 0 radical (unpaired) electrons. The third-order valence-electron chi connectivity index (χ3n) is 7.76. The number of carbonyl (C=O) groups is 5. The molecule has 8 nitrogen and oxygen atoms in total. The van der Waals surface area contributed by atoms with Gasteiger partial charge >= 0.3 is 5.97 Å². The van der Waals surface area contributed by atoms with Gasteiger partial charge in [0.15, 0.2) is 23.1 Å². The first kappa shape index (κ1) is 23.8. The van der Waals surface area contributed by atoms with Crippen LogP contribution in [0.15, 0.2) is 52.6 Å². The summed E-state index contributed by atoms with van der Waals surface area (Å²) in [5.74, 6) is -7.06. The fourth-order valence-electron chi connectivity index (χ4n) is 6.16. The minimum Gasteiger partial charge on any atom is -0.505 e. The Balaban J connectivity index is 1.60. The van der Waals surface area contributed by atoms with E-state index in [1.807, 2.05) is 0 Å². The first-order valence-electron chi connectivity index (χ1n) is 11.9. The van der Waals surface area contributed by atoms with E-state index in [0.717, 1.165) is 11.0 Å². The van der Waals surface area contributed by atoms with Crippen LogP contribution < -0.4 is 0 Å². The van der Waals surface area contributed by atoms with Crippen LogP contribution in [0.5, 0.6) is 5.75 Å². The van der Waals surface area contributed by atoms with E-state index >= 15 is 0 Å². The number of fused-ring (bicyclic) bond motifs is 3. The highest BCUT2D eigenvalue weighted by Gasteiger charge is 2.56. The number of hydrogen-bond acceptors (Lipinski definition) is 6. The summed E-state index contributed by atoms with van der Waals surface area (Å²) in [4.78, 5) is 64.8. The van der Waals surface area contributed by atoms with Crippen molar-refractivity contribution in [3.63, 3.8) is 0 Å².